The highest BCUT2D eigenvalue weighted by atomic mass is 19.1. The number of unbranched alkanes of at least 4 members (excludes halogenated alkanes) is 1. The number of alkyl halides is 1. The summed E-state index contributed by atoms with van der Waals surface area (Å²) in [4.78, 5) is 0. The third-order valence-corrected chi connectivity index (χ3v) is 2.43. The molecule has 4 heteroatoms. The fourth-order valence-electron chi connectivity index (χ4n) is 1.45. The molecule has 3 N–H and O–H groups in total. The van der Waals surface area contributed by atoms with E-state index in [1.807, 2.05) is 0 Å². The molecule has 0 spiro atoms. The summed E-state index contributed by atoms with van der Waals surface area (Å²) in [5.74, 6) is 0.803. The van der Waals surface area contributed by atoms with Crippen LogP contribution in [0.4, 0.5) is 4.39 Å². The van der Waals surface area contributed by atoms with Gasteiger partial charge in [-0.3, -0.25) is 5.41 Å². The number of hydrogen-bond donors (Lipinski definition) is 2. The summed E-state index contributed by atoms with van der Waals surface area (Å²) in [5, 5.41) is 7.24. The molecule has 0 saturated heterocycles. The molecule has 17 heavy (non-hydrogen) atoms. The predicted octanol–water partition coefficient (Wildman–Crippen LogP) is 2.88. The van der Waals surface area contributed by atoms with Gasteiger partial charge in [0.1, 0.15) is 11.6 Å². The van der Waals surface area contributed by atoms with Gasteiger partial charge in [-0.05, 0) is 50.5 Å². The van der Waals surface area contributed by atoms with Crippen molar-refractivity contribution in [2.75, 3.05) is 6.61 Å². The minimum absolute atomic E-state index is 0.0495. The minimum Gasteiger partial charge on any atom is -0.494 e. The zero-order valence-electron chi connectivity index (χ0n) is 10.1. The summed E-state index contributed by atoms with van der Waals surface area (Å²) in [5.41, 5.74) is 6.02. The SMILES string of the molecule is C[C@H](F)CCCCOc1ccc(C(=N)N)cc1. The zero-order valence-corrected chi connectivity index (χ0v) is 10.1. The van der Waals surface area contributed by atoms with Crippen molar-refractivity contribution in [3.63, 3.8) is 0 Å². The first-order valence-electron chi connectivity index (χ1n) is 5.81. The molecule has 0 aliphatic carbocycles. The van der Waals surface area contributed by atoms with Crippen LogP contribution in [0.3, 0.4) is 0 Å². The molecule has 0 radical (unpaired) electrons. The van der Waals surface area contributed by atoms with Gasteiger partial charge in [-0.1, -0.05) is 0 Å². The summed E-state index contributed by atoms with van der Waals surface area (Å²) >= 11 is 0. The molecule has 0 heterocycles. The maximum Gasteiger partial charge on any atom is 0.122 e. The maximum atomic E-state index is 12.5. The Morgan fingerprint density at radius 3 is 2.53 bits per heavy atom. The quantitative estimate of drug-likeness (QED) is 0.436. The second-order valence-electron chi connectivity index (χ2n) is 4.06. The largest absolute Gasteiger partial charge is 0.494 e. The number of ether oxygens (including phenoxy) is 1. The van der Waals surface area contributed by atoms with Crippen molar-refractivity contribution in [2.24, 2.45) is 5.73 Å². The van der Waals surface area contributed by atoms with Crippen LogP contribution in [0, 0.1) is 5.41 Å². The number of rotatable bonds is 7. The summed E-state index contributed by atoms with van der Waals surface area (Å²) in [6, 6.07) is 7.08. The van der Waals surface area contributed by atoms with Gasteiger partial charge in [-0.2, -0.15) is 0 Å². The molecule has 0 aliphatic heterocycles. The van der Waals surface area contributed by atoms with E-state index < -0.39 is 6.17 Å². The Labute approximate surface area is 101 Å². The molecule has 0 aliphatic rings. The van der Waals surface area contributed by atoms with E-state index in [-0.39, 0.29) is 5.84 Å². The molecule has 0 fully saturated rings. The van der Waals surface area contributed by atoms with Crippen molar-refractivity contribution < 1.29 is 9.13 Å². The van der Waals surface area contributed by atoms with E-state index in [9.17, 15) is 4.39 Å². The monoisotopic (exact) mass is 238 g/mol. The molecule has 0 bridgehead atoms. The van der Waals surface area contributed by atoms with Crippen molar-refractivity contribution in [1.82, 2.24) is 0 Å². The summed E-state index contributed by atoms with van der Waals surface area (Å²) < 4.78 is 18.0. The van der Waals surface area contributed by atoms with Crippen molar-refractivity contribution in [1.29, 1.82) is 5.41 Å². The highest BCUT2D eigenvalue weighted by molar-refractivity contribution is 5.94. The van der Waals surface area contributed by atoms with Crippen LogP contribution in [0.15, 0.2) is 24.3 Å². The molecule has 0 saturated carbocycles. The van der Waals surface area contributed by atoms with Crippen LogP contribution in [0.5, 0.6) is 5.75 Å². The summed E-state index contributed by atoms with van der Waals surface area (Å²) in [6.45, 7) is 2.16. The number of benzene rings is 1. The van der Waals surface area contributed by atoms with Gasteiger partial charge in [0.05, 0.1) is 12.8 Å². The molecule has 3 nitrogen and oxygen atoms in total. The number of hydrogen-bond acceptors (Lipinski definition) is 2. The standard InChI is InChI=1S/C13H19FN2O/c1-10(14)4-2-3-9-17-12-7-5-11(6-8-12)13(15)16/h5-8,10H,2-4,9H2,1H3,(H3,15,16)/t10-/m0/s1. The molecule has 1 aromatic rings. The Kier molecular flexibility index (Phi) is 5.46. The van der Waals surface area contributed by atoms with Crippen LogP contribution in [0.2, 0.25) is 0 Å². The summed E-state index contributed by atoms with van der Waals surface area (Å²) in [6.07, 6.45) is 1.54. The molecule has 0 aromatic heterocycles. The van der Waals surface area contributed by atoms with E-state index in [0.717, 1.165) is 18.6 Å². The fraction of sp³-hybridized carbons (Fsp3) is 0.462. The Hall–Kier alpha value is -1.58. The second-order valence-corrected chi connectivity index (χ2v) is 4.06. The van der Waals surface area contributed by atoms with Gasteiger partial charge in [0, 0.05) is 5.56 Å². The normalized spacial score (nSPS) is 12.1. The van der Waals surface area contributed by atoms with E-state index >= 15 is 0 Å². The Balaban J connectivity index is 2.25. The van der Waals surface area contributed by atoms with Crippen LogP contribution in [0.1, 0.15) is 31.7 Å². The van der Waals surface area contributed by atoms with Gasteiger partial charge in [0.15, 0.2) is 0 Å². The third kappa shape index (κ3) is 5.33. The first-order valence-corrected chi connectivity index (χ1v) is 5.81. The van der Waals surface area contributed by atoms with Crippen molar-refractivity contribution in [3.8, 4) is 5.75 Å². The van der Waals surface area contributed by atoms with E-state index in [0.29, 0.717) is 18.6 Å². The second kappa shape index (κ2) is 6.89. The lowest BCUT2D eigenvalue weighted by Crippen LogP contribution is -2.10. The highest BCUT2D eigenvalue weighted by Crippen LogP contribution is 2.13. The van der Waals surface area contributed by atoms with Crippen molar-refractivity contribution in [3.05, 3.63) is 29.8 Å². The van der Waals surface area contributed by atoms with Gasteiger partial charge in [0.25, 0.3) is 0 Å². The van der Waals surface area contributed by atoms with E-state index in [1.165, 1.54) is 0 Å². The third-order valence-electron chi connectivity index (χ3n) is 2.43. The predicted molar refractivity (Wildman–Crippen MR) is 67.4 cm³/mol. The Bertz CT molecular complexity index is 349. The van der Waals surface area contributed by atoms with E-state index in [2.05, 4.69) is 0 Å². The maximum absolute atomic E-state index is 12.5. The highest BCUT2D eigenvalue weighted by Gasteiger charge is 1.99. The Morgan fingerprint density at radius 1 is 1.35 bits per heavy atom. The first kappa shape index (κ1) is 13.5. The van der Waals surface area contributed by atoms with E-state index in [4.69, 9.17) is 15.9 Å². The van der Waals surface area contributed by atoms with Crippen LogP contribution in [-0.4, -0.2) is 18.6 Å². The van der Waals surface area contributed by atoms with Gasteiger partial charge >= 0.3 is 0 Å². The average molecular weight is 238 g/mol. The fourth-order valence-corrected chi connectivity index (χ4v) is 1.45. The summed E-state index contributed by atoms with van der Waals surface area (Å²) in [7, 11) is 0. The number of halogens is 1. The number of nitrogens with one attached hydrogen (secondary N) is 1. The average Bonchev–Trinajstić information content (AvgIpc) is 2.29. The molecular formula is C13H19FN2O. The lowest BCUT2D eigenvalue weighted by atomic mass is 10.2. The molecular weight excluding hydrogens is 219 g/mol. The lowest BCUT2D eigenvalue weighted by molar-refractivity contribution is 0.284. The molecule has 0 unspecified atom stereocenters. The van der Waals surface area contributed by atoms with Crippen LogP contribution in [-0.2, 0) is 0 Å². The Morgan fingerprint density at radius 2 is 2.00 bits per heavy atom. The van der Waals surface area contributed by atoms with Crippen molar-refractivity contribution >= 4 is 5.84 Å². The number of nitrogen functional groups attached to an aromatic ring is 1. The smallest absolute Gasteiger partial charge is 0.122 e. The molecule has 1 atom stereocenters. The van der Waals surface area contributed by atoms with Gasteiger partial charge in [-0.15, -0.1) is 0 Å². The number of nitrogens with two attached hydrogens (primary N) is 1. The zero-order chi connectivity index (χ0) is 12.7. The molecule has 0 amide bonds. The molecule has 94 valence electrons. The van der Waals surface area contributed by atoms with Gasteiger partial charge in [-0.25, -0.2) is 4.39 Å². The van der Waals surface area contributed by atoms with Crippen molar-refractivity contribution in [2.45, 2.75) is 32.4 Å². The van der Waals surface area contributed by atoms with Crippen LogP contribution in [0.25, 0.3) is 0 Å². The van der Waals surface area contributed by atoms with Gasteiger partial charge in [0.2, 0.25) is 0 Å². The molecule has 1 rings (SSSR count). The number of amidine groups is 1. The topological polar surface area (TPSA) is 59.1 Å². The lowest BCUT2D eigenvalue weighted by Gasteiger charge is -2.07. The van der Waals surface area contributed by atoms with Crippen LogP contribution < -0.4 is 10.5 Å². The van der Waals surface area contributed by atoms with Gasteiger partial charge < -0.3 is 10.5 Å². The van der Waals surface area contributed by atoms with Crippen LogP contribution >= 0.6 is 0 Å². The van der Waals surface area contributed by atoms with E-state index in [1.54, 1.807) is 31.2 Å². The molecule has 1 aromatic carbocycles. The first-order chi connectivity index (χ1) is 8.09. The minimum atomic E-state index is -0.732.